The monoisotopic (exact) mass is 300 g/mol. The largest absolute Gasteiger partial charge is 0.494 e. The first kappa shape index (κ1) is 16.2. The predicted octanol–water partition coefficient (Wildman–Crippen LogP) is 0.884. The number of anilines is 1. The third-order valence-corrected chi connectivity index (χ3v) is 2.39. The van der Waals surface area contributed by atoms with Crippen LogP contribution >= 0.6 is 0 Å². The number of methoxy groups -OCH3 is 1. The van der Waals surface area contributed by atoms with Gasteiger partial charge in [0.05, 0.1) is 19.2 Å². The zero-order chi connectivity index (χ0) is 16.0. The number of rotatable bonds is 6. The molecule has 4 N–H and O–H groups in total. The van der Waals surface area contributed by atoms with Crippen molar-refractivity contribution in [1.29, 1.82) is 0 Å². The average molecular weight is 300 g/mol. The smallest absolute Gasteiger partial charge is 0.326 e. The lowest BCUT2D eigenvalue weighted by atomic mass is 10.2. The molecule has 0 radical (unpaired) electrons. The van der Waals surface area contributed by atoms with Crippen molar-refractivity contribution in [1.82, 2.24) is 5.32 Å². The van der Waals surface area contributed by atoms with Crippen LogP contribution in [-0.2, 0) is 9.59 Å². The molecule has 0 heterocycles. The number of carbonyl (C=O) groups excluding carboxylic acids is 1. The lowest BCUT2D eigenvalue weighted by Gasteiger charge is -2.14. The maximum absolute atomic E-state index is 13.0. The van der Waals surface area contributed by atoms with Gasteiger partial charge in [0.1, 0.15) is 17.6 Å². The number of carbonyl (C=O) groups is 3. The first-order valence-electron chi connectivity index (χ1n) is 5.69. The Bertz CT molecular complexity index is 563. The van der Waals surface area contributed by atoms with Crippen molar-refractivity contribution in [3.63, 3.8) is 0 Å². The van der Waals surface area contributed by atoms with E-state index in [0.29, 0.717) is 0 Å². The second-order valence-corrected chi connectivity index (χ2v) is 3.93. The summed E-state index contributed by atoms with van der Waals surface area (Å²) in [5.74, 6) is -3.40. The van der Waals surface area contributed by atoms with Gasteiger partial charge in [0.25, 0.3) is 0 Å². The van der Waals surface area contributed by atoms with Gasteiger partial charge in [-0.05, 0) is 12.1 Å². The Morgan fingerprint density at radius 3 is 2.52 bits per heavy atom. The van der Waals surface area contributed by atoms with Crippen molar-refractivity contribution in [2.45, 2.75) is 12.5 Å². The van der Waals surface area contributed by atoms with Gasteiger partial charge in [-0.3, -0.25) is 4.79 Å². The molecule has 0 fully saturated rings. The summed E-state index contributed by atoms with van der Waals surface area (Å²) < 4.78 is 17.8. The summed E-state index contributed by atoms with van der Waals surface area (Å²) in [6.45, 7) is 0. The number of urea groups is 1. The molecule has 0 spiro atoms. The number of carboxylic acid groups (broad SMARTS) is 2. The van der Waals surface area contributed by atoms with Crippen LogP contribution in [0.1, 0.15) is 6.42 Å². The van der Waals surface area contributed by atoms with Crippen LogP contribution in [0.2, 0.25) is 0 Å². The van der Waals surface area contributed by atoms with Crippen LogP contribution in [0, 0.1) is 5.82 Å². The Balaban J connectivity index is 2.76. The van der Waals surface area contributed by atoms with Crippen LogP contribution in [0.3, 0.4) is 0 Å². The molecule has 21 heavy (non-hydrogen) atoms. The summed E-state index contributed by atoms with van der Waals surface area (Å²) in [4.78, 5) is 32.9. The van der Waals surface area contributed by atoms with Crippen molar-refractivity contribution >= 4 is 23.7 Å². The Hall–Kier alpha value is -2.84. The minimum atomic E-state index is -1.59. The number of hydrogen-bond acceptors (Lipinski definition) is 4. The van der Waals surface area contributed by atoms with Crippen LogP contribution in [0.15, 0.2) is 18.2 Å². The number of hydrogen-bond donors (Lipinski definition) is 4. The number of aliphatic carboxylic acids is 2. The fraction of sp³-hybridized carbons (Fsp3) is 0.250. The van der Waals surface area contributed by atoms with Gasteiger partial charge in [-0.25, -0.2) is 14.0 Å². The van der Waals surface area contributed by atoms with Gasteiger partial charge >= 0.3 is 18.0 Å². The van der Waals surface area contributed by atoms with Crippen LogP contribution < -0.4 is 15.4 Å². The minimum Gasteiger partial charge on any atom is -0.494 e. The van der Waals surface area contributed by atoms with E-state index in [1.165, 1.54) is 13.2 Å². The maximum atomic E-state index is 13.0. The molecule has 2 amide bonds. The Morgan fingerprint density at radius 1 is 1.33 bits per heavy atom. The minimum absolute atomic E-state index is 0.0373. The number of ether oxygens (including phenoxy) is 1. The van der Waals surface area contributed by atoms with E-state index in [1.807, 2.05) is 5.32 Å². The van der Waals surface area contributed by atoms with Crippen LogP contribution in [0.25, 0.3) is 0 Å². The molecule has 114 valence electrons. The maximum Gasteiger partial charge on any atom is 0.326 e. The lowest BCUT2D eigenvalue weighted by molar-refractivity contribution is -0.145. The Kier molecular flexibility index (Phi) is 5.47. The van der Waals surface area contributed by atoms with Crippen molar-refractivity contribution in [2.24, 2.45) is 0 Å². The van der Waals surface area contributed by atoms with Crippen molar-refractivity contribution in [2.75, 3.05) is 12.4 Å². The third-order valence-electron chi connectivity index (χ3n) is 2.39. The molecule has 1 aromatic rings. The normalized spacial score (nSPS) is 11.3. The summed E-state index contributed by atoms with van der Waals surface area (Å²) in [5, 5.41) is 21.6. The molecule has 0 aliphatic heterocycles. The van der Waals surface area contributed by atoms with Crippen molar-refractivity contribution in [3.8, 4) is 5.75 Å². The van der Waals surface area contributed by atoms with E-state index < -0.39 is 36.2 Å². The average Bonchev–Trinajstić information content (AvgIpc) is 2.39. The van der Waals surface area contributed by atoms with Gasteiger partial charge in [-0.15, -0.1) is 0 Å². The molecule has 1 rings (SSSR count). The third kappa shape index (κ3) is 4.97. The zero-order valence-corrected chi connectivity index (χ0v) is 10.9. The first-order valence-corrected chi connectivity index (χ1v) is 5.69. The van der Waals surface area contributed by atoms with Gasteiger partial charge in [-0.2, -0.15) is 0 Å². The molecule has 8 nitrogen and oxygen atoms in total. The van der Waals surface area contributed by atoms with E-state index >= 15 is 0 Å². The highest BCUT2D eigenvalue weighted by Crippen LogP contribution is 2.24. The number of nitrogens with one attached hydrogen (secondary N) is 2. The molecule has 1 unspecified atom stereocenters. The van der Waals surface area contributed by atoms with Gasteiger partial charge in [0.15, 0.2) is 0 Å². The summed E-state index contributed by atoms with van der Waals surface area (Å²) in [5.41, 5.74) is 0.107. The van der Waals surface area contributed by atoms with E-state index in [1.54, 1.807) is 0 Å². The second kappa shape index (κ2) is 7.08. The zero-order valence-electron chi connectivity index (χ0n) is 10.9. The molecule has 9 heteroatoms. The first-order chi connectivity index (χ1) is 9.83. The van der Waals surface area contributed by atoms with Crippen LogP contribution in [-0.4, -0.2) is 41.3 Å². The predicted molar refractivity (Wildman–Crippen MR) is 68.8 cm³/mol. The number of benzene rings is 1. The Morgan fingerprint density at radius 2 is 2.00 bits per heavy atom. The topological polar surface area (TPSA) is 125 Å². The lowest BCUT2D eigenvalue weighted by Crippen LogP contribution is -2.44. The molecule has 0 bridgehead atoms. The highest BCUT2D eigenvalue weighted by Gasteiger charge is 2.23. The highest BCUT2D eigenvalue weighted by molar-refractivity contribution is 5.94. The SMILES string of the molecule is COc1cc(F)ccc1NC(=O)NC(CC(=O)O)C(=O)O. The van der Waals surface area contributed by atoms with Crippen LogP contribution in [0.4, 0.5) is 14.9 Å². The van der Waals surface area contributed by atoms with Crippen molar-refractivity contribution < 1.29 is 33.7 Å². The fourth-order valence-electron chi connectivity index (χ4n) is 1.46. The van der Waals surface area contributed by atoms with Gasteiger partial charge < -0.3 is 25.6 Å². The standard InChI is InChI=1S/C12H13FN2O6/c1-21-9-4-6(13)2-3-7(9)14-12(20)15-8(11(18)19)5-10(16)17/h2-4,8H,5H2,1H3,(H,16,17)(H,18,19)(H2,14,15,20). The second-order valence-electron chi connectivity index (χ2n) is 3.93. The number of amides is 2. The fourth-order valence-corrected chi connectivity index (χ4v) is 1.46. The number of carboxylic acids is 2. The highest BCUT2D eigenvalue weighted by atomic mass is 19.1. The van der Waals surface area contributed by atoms with E-state index in [0.717, 1.165) is 12.1 Å². The molecule has 0 aromatic heterocycles. The van der Waals surface area contributed by atoms with E-state index in [2.05, 4.69) is 5.32 Å². The number of halogens is 1. The van der Waals surface area contributed by atoms with E-state index in [-0.39, 0.29) is 11.4 Å². The molecule has 0 aliphatic carbocycles. The molecule has 0 saturated carbocycles. The van der Waals surface area contributed by atoms with Gasteiger partial charge in [0, 0.05) is 6.07 Å². The molecule has 1 aromatic carbocycles. The Labute approximate surface area is 118 Å². The summed E-state index contributed by atoms with van der Waals surface area (Å²) >= 11 is 0. The molecular formula is C12H13FN2O6. The van der Waals surface area contributed by atoms with Crippen LogP contribution in [0.5, 0.6) is 5.75 Å². The molecule has 0 aliphatic rings. The molecule has 1 atom stereocenters. The van der Waals surface area contributed by atoms with E-state index in [4.69, 9.17) is 14.9 Å². The van der Waals surface area contributed by atoms with Crippen molar-refractivity contribution in [3.05, 3.63) is 24.0 Å². The van der Waals surface area contributed by atoms with Gasteiger partial charge in [0.2, 0.25) is 0 Å². The summed E-state index contributed by atoms with van der Waals surface area (Å²) in [6, 6.07) is 0.786. The summed E-state index contributed by atoms with van der Waals surface area (Å²) in [6.07, 6.45) is -0.774. The quantitative estimate of drug-likeness (QED) is 0.618. The summed E-state index contributed by atoms with van der Waals surface area (Å²) in [7, 11) is 1.27. The molecule has 0 saturated heterocycles. The van der Waals surface area contributed by atoms with Gasteiger partial charge in [-0.1, -0.05) is 0 Å². The van der Waals surface area contributed by atoms with E-state index in [9.17, 15) is 18.8 Å². The molecular weight excluding hydrogens is 287 g/mol.